The predicted molar refractivity (Wildman–Crippen MR) is 98.9 cm³/mol. The molecule has 0 unspecified atom stereocenters. The first-order valence-corrected chi connectivity index (χ1v) is 9.30. The first-order valence-electron chi connectivity index (χ1n) is 8.49. The van der Waals surface area contributed by atoms with Crippen LogP contribution in [0.5, 0.6) is 5.75 Å². The zero-order valence-electron chi connectivity index (χ0n) is 14.3. The number of hydrogen-bond donors (Lipinski definition) is 0. The Hall–Kier alpha value is -1.85. The van der Waals surface area contributed by atoms with Crippen molar-refractivity contribution in [2.24, 2.45) is 0 Å². The first kappa shape index (κ1) is 17.0. The number of benzene rings is 1. The molecule has 1 aromatic carbocycles. The van der Waals surface area contributed by atoms with Crippen molar-refractivity contribution in [2.45, 2.75) is 13.3 Å². The van der Waals surface area contributed by atoms with Crippen molar-refractivity contribution in [3.05, 3.63) is 41.3 Å². The number of likely N-dealkylation sites (N-methyl/N-ethyl adjacent to an activating group) is 1. The molecule has 3 rings (SSSR count). The molecular weight excluding hydrogens is 320 g/mol. The van der Waals surface area contributed by atoms with E-state index in [1.807, 2.05) is 36.1 Å². The van der Waals surface area contributed by atoms with Gasteiger partial charge in [0.15, 0.2) is 0 Å². The zero-order valence-corrected chi connectivity index (χ0v) is 15.1. The fraction of sp³-hybridized carbons (Fsp3) is 0.421. The number of thiophene rings is 1. The number of amides is 1. The fourth-order valence-electron chi connectivity index (χ4n) is 2.92. The monoisotopic (exact) mass is 344 g/mol. The van der Waals surface area contributed by atoms with Crippen LogP contribution < -0.4 is 4.74 Å². The predicted octanol–water partition coefficient (Wildman–Crippen LogP) is 3.59. The Morgan fingerprint density at radius 2 is 1.96 bits per heavy atom. The van der Waals surface area contributed by atoms with E-state index in [-0.39, 0.29) is 5.91 Å². The average Bonchev–Trinajstić information content (AvgIpc) is 2.90. The third kappa shape index (κ3) is 3.79. The second kappa shape index (κ2) is 7.81. The summed E-state index contributed by atoms with van der Waals surface area (Å²) in [7, 11) is 2.11. The second-order valence-electron chi connectivity index (χ2n) is 6.05. The molecule has 2 aromatic rings. The quantitative estimate of drug-likeness (QED) is 0.850. The van der Waals surface area contributed by atoms with Crippen LogP contribution in [0.2, 0.25) is 0 Å². The van der Waals surface area contributed by atoms with Gasteiger partial charge in [-0.1, -0.05) is 30.3 Å². The maximum Gasteiger partial charge on any atom is 0.267 e. The number of rotatable bonds is 4. The molecule has 1 aliphatic rings. The van der Waals surface area contributed by atoms with E-state index in [9.17, 15) is 4.79 Å². The summed E-state index contributed by atoms with van der Waals surface area (Å²) in [6.45, 7) is 6.07. The van der Waals surface area contributed by atoms with Gasteiger partial charge in [0.05, 0.1) is 6.61 Å². The van der Waals surface area contributed by atoms with Gasteiger partial charge in [-0.3, -0.25) is 4.79 Å². The maximum absolute atomic E-state index is 13.0. The summed E-state index contributed by atoms with van der Waals surface area (Å²) in [6, 6.07) is 12.2. The topological polar surface area (TPSA) is 32.8 Å². The maximum atomic E-state index is 13.0. The van der Waals surface area contributed by atoms with Gasteiger partial charge < -0.3 is 14.5 Å². The third-order valence-electron chi connectivity index (χ3n) is 4.26. The molecule has 0 atom stereocenters. The van der Waals surface area contributed by atoms with Gasteiger partial charge in [-0.15, -0.1) is 11.3 Å². The minimum atomic E-state index is 0.0981. The molecule has 0 aliphatic carbocycles. The highest BCUT2D eigenvalue weighted by atomic mass is 32.1. The van der Waals surface area contributed by atoms with Gasteiger partial charge >= 0.3 is 0 Å². The smallest absolute Gasteiger partial charge is 0.267 e. The molecule has 0 radical (unpaired) electrons. The summed E-state index contributed by atoms with van der Waals surface area (Å²) in [5, 5.41) is 0. The Labute approximate surface area is 147 Å². The molecule has 0 saturated carbocycles. The van der Waals surface area contributed by atoms with Crippen molar-refractivity contribution in [3.63, 3.8) is 0 Å². The van der Waals surface area contributed by atoms with Crippen LogP contribution in [0.15, 0.2) is 36.4 Å². The van der Waals surface area contributed by atoms with Crippen molar-refractivity contribution < 1.29 is 9.53 Å². The average molecular weight is 344 g/mol. The molecule has 5 heteroatoms. The van der Waals surface area contributed by atoms with Crippen molar-refractivity contribution in [1.29, 1.82) is 0 Å². The fourth-order valence-corrected chi connectivity index (χ4v) is 4.00. The molecule has 1 amide bonds. The summed E-state index contributed by atoms with van der Waals surface area (Å²) in [5.74, 6) is 0.810. The zero-order chi connectivity index (χ0) is 16.9. The van der Waals surface area contributed by atoms with Gasteiger partial charge in [-0.05, 0) is 38.6 Å². The molecule has 1 fully saturated rings. The van der Waals surface area contributed by atoms with E-state index in [0.29, 0.717) is 12.4 Å². The number of carbonyl (C=O) groups is 1. The van der Waals surface area contributed by atoms with Crippen molar-refractivity contribution in [1.82, 2.24) is 9.80 Å². The van der Waals surface area contributed by atoms with Gasteiger partial charge in [0, 0.05) is 24.5 Å². The highest BCUT2D eigenvalue weighted by Crippen LogP contribution is 2.37. The van der Waals surface area contributed by atoms with Crippen molar-refractivity contribution in [2.75, 3.05) is 39.8 Å². The van der Waals surface area contributed by atoms with Crippen LogP contribution in [0.3, 0.4) is 0 Å². The highest BCUT2D eigenvalue weighted by Gasteiger charge is 2.24. The number of hydrogen-bond acceptors (Lipinski definition) is 4. The van der Waals surface area contributed by atoms with Crippen LogP contribution in [-0.2, 0) is 0 Å². The van der Waals surface area contributed by atoms with E-state index >= 15 is 0 Å². The molecule has 24 heavy (non-hydrogen) atoms. The molecule has 1 aliphatic heterocycles. The molecule has 0 spiro atoms. The van der Waals surface area contributed by atoms with Gasteiger partial charge in [-0.25, -0.2) is 0 Å². The van der Waals surface area contributed by atoms with E-state index < -0.39 is 0 Å². The Bertz CT molecular complexity index is 684. The minimum Gasteiger partial charge on any atom is -0.492 e. The number of carbonyl (C=O) groups excluding carboxylic acids is 1. The summed E-state index contributed by atoms with van der Waals surface area (Å²) in [5.41, 5.74) is 1.12. The van der Waals surface area contributed by atoms with Crippen LogP contribution in [-0.4, -0.2) is 55.5 Å². The summed E-state index contributed by atoms with van der Waals surface area (Å²) < 4.78 is 5.76. The van der Waals surface area contributed by atoms with Crippen LogP contribution in [0, 0.1) is 0 Å². The standard InChI is InChI=1S/C19H24N2O2S/c1-3-23-16-14-17(15-8-5-4-6-9-15)24-18(16)19(22)21-11-7-10-20(2)12-13-21/h4-6,8-9,14H,3,7,10-13H2,1-2H3. The normalized spacial score (nSPS) is 16.0. The van der Waals surface area contributed by atoms with Crippen LogP contribution in [0.1, 0.15) is 23.0 Å². The largest absolute Gasteiger partial charge is 0.492 e. The van der Waals surface area contributed by atoms with E-state index in [1.54, 1.807) is 0 Å². The Balaban J connectivity index is 1.88. The molecule has 0 N–H and O–H groups in total. The SMILES string of the molecule is CCOc1cc(-c2ccccc2)sc1C(=O)N1CCCN(C)CC1. The first-order chi connectivity index (χ1) is 11.7. The Morgan fingerprint density at radius 1 is 1.17 bits per heavy atom. The van der Waals surface area contributed by atoms with E-state index in [2.05, 4.69) is 24.1 Å². The summed E-state index contributed by atoms with van der Waals surface area (Å²) in [4.78, 5) is 19.1. The van der Waals surface area contributed by atoms with E-state index in [0.717, 1.165) is 47.9 Å². The van der Waals surface area contributed by atoms with E-state index in [1.165, 1.54) is 11.3 Å². The number of ether oxygens (including phenoxy) is 1. The van der Waals surface area contributed by atoms with Crippen molar-refractivity contribution in [3.8, 4) is 16.2 Å². The molecule has 0 bridgehead atoms. The molecule has 1 aromatic heterocycles. The van der Waals surface area contributed by atoms with Crippen LogP contribution in [0.4, 0.5) is 0 Å². The lowest BCUT2D eigenvalue weighted by Crippen LogP contribution is -2.34. The molecule has 1 saturated heterocycles. The second-order valence-corrected chi connectivity index (χ2v) is 7.10. The lowest BCUT2D eigenvalue weighted by atomic mass is 10.2. The molecular formula is C19H24N2O2S. The third-order valence-corrected chi connectivity index (χ3v) is 5.41. The van der Waals surface area contributed by atoms with Crippen molar-refractivity contribution >= 4 is 17.2 Å². The highest BCUT2D eigenvalue weighted by molar-refractivity contribution is 7.17. The van der Waals surface area contributed by atoms with Crippen LogP contribution in [0.25, 0.3) is 10.4 Å². The van der Waals surface area contributed by atoms with Gasteiger partial charge in [0.2, 0.25) is 0 Å². The lowest BCUT2D eigenvalue weighted by molar-refractivity contribution is 0.0764. The van der Waals surface area contributed by atoms with Gasteiger partial charge in [0.1, 0.15) is 10.6 Å². The Morgan fingerprint density at radius 3 is 2.71 bits per heavy atom. The van der Waals surface area contributed by atoms with Crippen LogP contribution >= 0.6 is 11.3 Å². The van der Waals surface area contributed by atoms with Gasteiger partial charge in [0.25, 0.3) is 5.91 Å². The number of nitrogens with zero attached hydrogens (tertiary/aromatic N) is 2. The summed E-state index contributed by atoms with van der Waals surface area (Å²) in [6.07, 6.45) is 1.02. The Kier molecular flexibility index (Phi) is 5.53. The van der Waals surface area contributed by atoms with E-state index in [4.69, 9.17) is 4.74 Å². The molecule has 128 valence electrons. The summed E-state index contributed by atoms with van der Waals surface area (Å²) >= 11 is 1.53. The molecule has 4 nitrogen and oxygen atoms in total. The van der Waals surface area contributed by atoms with Gasteiger partial charge in [-0.2, -0.15) is 0 Å². The lowest BCUT2D eigenvalue weighted by Gasteiger charge is -2.20. The minimum absolute atomic E-state index is 0.0981. The molecule has 2 heterocycles.